The lowest BCUT2D eigenvalue weighted by molar-refractivity contribution is 0.0424. The molecule has 1 aromatic rings. The number of esters is 1. The summed E-state index contributed by atoms with van der Waals surface area (Å²) in [7, 11) is 0. The van der Waals surface area contributed by atoms with Gasteiger partial charge in [0.2, 0.25) is 0 Å². The Labute approximate surface area is 84.2 Å². The maximum Gasteiger partial charge on any atom is 0.338 e. The number of ether oxygens (including phenoxy) is 1. The van der Waals surface area contributed by atoms with Gasteiger partial charge in [0.1, 0.15) is 6.10 Å². The first kappa shape index (κ1) is 10.5. The highest BCUT2D eigenvalue weighted by Gasteiger charge is 2.08. The van der Waals surface area contributed by atoms with Crippen LogP contribution in [0.4, 0.5) is 0 Å². The summed E-state index contributed by atoms with van der Waals surface area (Å²) >= 11 is 0. The second-order valence-corrected chi connectivity index (χ2v) is 3.00. The van der Waals surface area contributed by atoms with Crippen LogP contribution in [0.15, 0.2) is 42.5 Å². The van der Waals surface area contributed by atoms with Gasteiger partial charge in [-0.3, -0.25) is 0 Å². The molecule has 0 spiro atoms. The largest absolute Gasteiger partial charge is 0.455 e. The number of hydrogen-bond acceptors (Lipinski definition) is 2. The molecule has 0 radical (unpaired) electrons. The van der Waals surface area contributed by atoms with Gasteiger partial charge in [-0.15, -0.1) is 0 Å². The molecule has 0 bridgehead atoms. The lowest BCUT2D eigenvalue weighted by Gasteiger charge is -2.08. The van der Waals surface area contributed by atoms with Crippen molar-refractivity contribution in [2.75, 3.05) is 0 Å². The highest BCUT2D eigenvalue weighted by molar-refractivity contribution is 5.89. The summed E-state index contributed by atoms with van der Waals surface area (Å²) in [4.78, 5) is 11.5. The van der Waals surface area contributed by atoms with E-state index in [-0.39, 0.29) is 12.1 Å². The van der Waals surface area contributed by atoms with Gasteiger partial charge in [-0.25, -0.2) is 4.79 Å². The number of benzene rings is 1. The summed E-state index contributed by atoms with van der Waals surface area (Å²) in [6, 6.07) is 8.98. The SMILES string of the molecule is C/C=C/[C@H](C)OC(=O)c1ccccc1. The second-order valence-electron chi connectivity index (χ2n) is 3.00. The topological polar surface area (TPSA) is 26.3 Å². The Morgan fingerprint density at radius 1 is 1.36 bits per heavy atom. The third-order valence-electron chi connectivity index (χ3n) is 1.77. The van der Waals surface area contributed by atoms with Gasteiger partial charge in [0, 0.05) is 0 Å². The summed E-state index contributed by atoms with van der Waals surface area (Å²) in [5, 5.41) is 0. The molecule has 0 aromatic heterocycles. The predicted molar refractivity (Wildman–Crippen MR) is 56.1 cm³/mol. The monoisotopic (exact) mass is 190 g/mol. The predicted octanol–water partition coefficient (Wildman–Crippen LogP) is 2.81. The first-order valence-electron chi connectivity index (χ1n) is 4.63. The molecule has 1 rings (SSSR count). The molecule has 2 nitrogen and oxygen atoms in total. The number of carbonyl (C=O) groups excluding carboxylic acids is 1. The van der Waals surface area contributed by atoms with E-state index in [2.05, 4.69) is 0 Å². The van der Waals surface area contributed by atoms with Crippen molar-refractivity contribution in [1.29, 1.82) is 0 Å². The number of rotatable bonds is 3. The van der Waals surface area contributed by atoms with E-state index in [1.807, 2.05) is 44.2 Å². The average Bonchev–Trinajstić information content (AvgIpc) is 2.19. The van der Waals surface area contributed by atoms with E-state index < -0.39 is 0 Å². The molecule has 0 saturated heterocycles. The van der Waals surface area contributed by atoms with E-state index in [0.29, 0.717) is 5.56 Å². The summed E-state index contributed by atoms with van der Waals surface area (Å²) < 4.78 is 5.15. The third-order valence-corrected chi connectivity index (χ3v) is 1.77. The van der Waals surface area contributed by atoms with E-state index in [9.17, 15) is 4.79 Å². The molecule has 0 N–H and O–H groups in total. The number of hydrogen-bond donors (Lipinski definition) is 0. The van der Waals surface area contributed by atoms with Crippen molar-refractivity contribution in [3.63, 3.8) is 0 Å². The van der Waals surface area contributed by atoms with Crippen LogP contribution in [0.25, 0.3) is 0 Å². The minimum absolute atomic E-state index is 0.173. The zero-order valence-corrected chi connectivity index (χ0v) is 8.44. The minimum atomic E-state index is -0.281. The van der Waals surface area contributed by atoms with Crippen molar-refractivity contribution < 1.29 is 9.53 Å². The Morgan fingerprint density at radius 3 is 2.57 bits per heavy atom. The molecule has 1 aromatic carbocycles. The quantitative estimate of drug-likeness (QED) is 0.541. The molecule has 0 aliphatic heterocycles. The van der Waals surface area contributed by atoms with E-state index in [1.54, 1.807) is 12.1 Å². The van der Waals surface area contributed by atoms with E-state index in [0.717, 1.165) is 0 Å². The zero-order chi connectivity index (χ0) is 10.4. The van der Waals surface area contributed by atoms with Crippen LogP contribution in [0.1, 0.15) is 24.2 Å². The fourth-order valence-electron chi connectivity index (χ4n) is 1.12. The molecule has 14 heavy (non-hydrogen) atoms. The van der Waals surface area contributed by atoms with Gasteiger partial charge in [-0.2, -0.15) is 0 Å². The Bertz CT molecular complexity index is 314. The summed E-state index contributed by atoms with van der Waals surface area (Å²) in [5.41, 5.74) is 0.587. The number of allylic oxidation sites excluding steroid dienone is 1. The molecule has 0 amide bonds. The summed E-state index contributed by atoms with van der Waals surface area (Å²) in [6.45, 7) is 3.73. The smallest absolute Gasteiger partial charge is 0.338 e. The van der Waals surface area contributed by atoms with Crippen LogP contribution in [0.5, 0.6) is 0 Å². The van der Waals surface area contributed by atoms with Crippen LogP contribution < -0.4 is 0 Å². The van der Waals surface area contributed by atoms with Crippen molar-refractivity contribution in [1.82, 2.24) is 0 Å². The van der Waals surface area contributed by atoms with E-state index in [1.165, 1.54) is 0 Å². The van der Waals surface area contributed by atoms with Gasteiger partial charge in [0.15, 0.2) is 0 Å². The van der Waals surface area contributed by atoms with Crippen LogP contribution >= 0.6 is 0 Å². The van der Waals surface area contributed by atoms with Crippen molar-refractivity contribution in [2.24, 2.45) is 0 Å². The maximum absolute atomic E-state index is 11.5. The average molecular weight is 190 g/mol. The summed E-state index contributed by atoms with van der Waals surface area (Å²) in [6.07, 6.45) is 3.52. The molecule has 0 heterocycles. The highest BCUT2D eigenvalue weighted by atomic mass is 16.5. The Morgan fingerprint density at radius 2 is 2.00 bits per heavy atom. The third kappa shape index (κ3) is 3.05. The van der Waals surface area contributed by atoms with Gasteiger partial charge >= 0.3 is 5.97 Å². The fourth-order valence-corrected chi connectivity index (χ4v) is 1.12. The molecule has 74 valence electrons. The molecule has 0 unspecified atom stereocenters. The van der Waals surface area contributed by atoms with Crippen LogP contribution in [-0.4, -0.2) is 12.1 Å². The first-order chi connectivity index (χ1) is 6.74. The second kappa shape index (κ2) is 5.22. The molecular weight excluding hydrogens is 176 g/mol. The molecule has 0 fully saturated rings. The molecule has 0 saturated carbocycles. The lowest BCUT2D eigenvalue weighted by Crippen LogP contribution is -2.12. The van der Waals surface area contributed by atoms with Gasteiger partial charge < -0.3 is 4.74 Å². The Balaban J connectivity index is 2.59. The van der Waals surface area contributed by atoms with E-state index in [4.69, 9.17) is 4.74 Å². The molecular formula is C12H14O2. The highest BCUT2D eigenvalue weighted by Crippen LogP contribution is 2.04. The van der Waals surface area contributed by atoms with Crippen molar-refractivity contribution in [3.8, 4) is 0 Å². The van der Waals surface area contributed by atoms with Gasteiger partial charge in [-0.05, 0) is 32.1 Å². The van der Waals surface area contributed by atoms with Crippen LogP contribution in [-0.2, 0) is 4.74 Å². The van der Waals surface area contributed by atoms with Gasteiger partial charge in [0.25, 0.3) is 0 Å². The normalized spacial score (nSPS) is 12.7. The van der Waals surface area contributed by atoms with Crippen LogP contribution in [0.2, 0.25) is 0 Å². The maximum atomic E-state index is 11.5. The van der Waals surface area contributed by atoms with Crippen molar-refractivity contribution >= 4 is 5.97 Å². The Kier molecular flexibility index (Phi) is 3.92. The molecule has 0 aliphatic carbocycles. The molecule has 0 aliphatic rings. The van der Waals surface area contributed by atoms with Crippen LogP contribution in [0, 0.1) is 0 Å². The zero-order valence-electron chi connectivity index (χ0n) is 8.44. The first-order valence-corrected chi connectivity index (χ1v) is 4.63. The van der Waals surface area contributed by atoms with Gasteiger partial charge in [-0.1, -0.05) is 24.3 Å². The number of carbonyl (C=O) groups is 1. The molecule has 2 heteroatoms. The summed E-state index contributed by atoms with van der Waals surface area (Å²) in [5.74, 6) is -0.281. The van der Waals surface area contributed by atoms with E-state index >= 15 is 0 Å². The minimum Gasteiger partial charge on any atom is -0.455 e. The molecule has 1 atom stereocenters. The van der Waals surface area contributed by atoms with Crippen molar-refractivity contribution in [3.05, 3.63) is 48.0 Å². The fraction of sp³-hybridized carbons (Fsp3) is 0.250. The lowest BCUT2D eigenvalue weighted by atomic mass is 10.2. The van der Waals surface area contributed by atoms with Gasteiger partial charge in [0.05, 0.1) is 5.56 Å². The van der Waals surface area contributed by atoms with Crippen LogP contribution in [0.3, 0.4) is 0 Å². The van der Waals surface area contributed by atoms with Crippen molar-refractivity contribution in [2.45, 2.75) is 20.0 Å². The standard InChI is InChI=1S/C12H14O2/c1-3-7-10(2)14-12(13)11-8-5-4-6-9-11/h3-10H,1-2H3/b7-3+/t10-/m0/s1. The Hall–Kier alpha value is -1.57.